The van der Waals surface area contributed by atoms with E-state index in [0.29, 0.717) is 11.1 Å². The second kappa shape index (κ2) is 3.10. The second-order valence-electron chi connectivity index (χ2n) is 4.12. The minimum absolute atomic E-state index is 0.0931. The van der Waals surface area contributed by atoms with Crippen LogP contribution in [0, 0.1) is 0 Å². The molecule has 0 bridgehead atoms. The summed E-state index contributed by atoms with van der Waals surface area (Å²) in [6.45, 7) is 0. The molecule has 0 atom stereocenters. The van der Waals surface area contributed by atoms with Crippen LogP contribution in [0.4, 0.5) is 0 Å². The zero-order chi connectivity index (χ0) is 11.3. The van der Waals surface area contributed by atoms with Crippen molar-refractivity contribution in [3.05, 3.63) is 40.1 Å². The number of carbonyl (C=O) groups excluding carboxylic acids is 1. The maximum atomic E-state index is 11.7. The topological polar surface area (TPSA) is 46.5 Å². The van der Waals surface area contributed by atoms with Gasteiger partial charge in [0.1, 0.15) is 5.57 Å². The number of halogens is 1. The van der Waals surface area contributed by atoms with Crippen molar-refractivity contribution >= 4 is 27.5 Å². The van der Waals surface area contributed by atoms with Crippen LogP contribution in [-0.4, -0.2) is 16.7 Å². The molecule has 1 aromatic rings. The molecule has 1 spiro atoms. The second-order valence-corrected chi connectivity index (χ2v) is 5.03. The van der Waals surface area contributed by atoms with Crippen molar-refractivity contribution in [1.29, 1.82) is 0 Å². The van der Waals surface area contributed by atoms with E-state index in [4.69, 9.17) is 4.74 Å². The Kier molecular flexibility index (Phi) is 1.92. The van der Waals surface area contributed by atoms with E-state index >= 15 is 0 Å². The van der Waals surface area contributed by atoms with Gasteiger partial charge in [0.2, 0.25) is 0 Å². The first kappa shape index (κ1) is 9.90. The molecular formula is C12H9BrO3. The highest BCUT2D eigenvalue weighted by Crippen LogP contribution is 2.52. The lowest BCUT2D eigenvalue weighted by molar-refractivity contribution is -0.140. The highest BCUT2D eigenvalue weighted by atomic mass is 79.9. The Morgan fingerprint density at radius 3 is 2.69 bits per heavy atom. The maximum Gasteiger partial charge on any atom is 0.343 e. The van der Waals surface area contributed by atoms with Gasteiger partial charge in [-0.1, -0.05) is 28.1 Å². The summed E-state index contributed by atoms with van der Waals surface area (Å²) >= 11 is 3.34. The monoisotopic (exact) mass is 280 g/mol. The van der Waals surface area contributed by atoms with Crippen LogP contribution in [0.25, 0.3) is 5.57 Å². The van der Waals surface area contributed by atoms with Crippen LogP contribution in [-0.2, 0) is 9.53 Å². The summed E-state index contributed by atoms with van der Waals surface area (Å²) in [5.74, 6) is -0.330. The molecule has 3 nitrogen and oxygen atoms in total. The van der Waals surface area contributed by atoms with Crippen LogP contribution in [0.1, 0.15) is 18.4 Å². The number of hydrogen-bond acceptors (Lipinski definition) is 3. The van der Waals surface area contributed by atoms with E-state index in [2.05, 4.69) is 15.9 Å². The molecule has 3 rings (SSSR count). The van der Waals surface area contributed by atoms with E-state index in [1.54, 1.807) is 12.1 Å². The summed E-state index contributed by atoms with van der Waals surface area (Å²) in [6, 6.07) is 7.28. The SMILES string of the molecule is O=C1OC2(CC2)C(O)=C1c1cccc(Br)c1. The van der Waals surface area contributed by atoms with Crippen LogP contribution in [0.5, 0.6) is 0 Å². The van der Waals surface area contributed by atoms with Gasteiger partial charge in [0.05, 0.1) is 0 Å². The number of hydrogen-bond donors (Lipinski definition) is 1. The van der Waals surface area contributed by atoms with Crippen molar-refractivity contribution in [1.82, 2.24) is 0 Å². The van der Waals surface area contributed by atoms with Crippen LogP contribution in [0.3, 0.4) is 0 Å². The molecule has 82 valence electrons. The van der Waals surface area contributed by atoms with Gasteiger partial charge in [-0.15, -0.1) is 0 Å². The van der Waals surface area contributed by atoms with Gasteiger partial charge < -0.3 is 9.84 Å². The zero-order valence-corrected chi connectivity index (χ0v) is 9.95. The minimum Gasteiger partial charge on any atom is -0.507 e. The third-order valence-corrected chi connectivity index (χ3v) is 3.47. The Morgan fingerprint density at radius 1 is 1.38 bits per heavy atom. The fourth-order valence-electron chi connectivity index (χ4n) is 1.95. The molecule has 0 unspecified atom stereocenters. The Balaban J connectivity index is 2.13. The zero-order valence-electron chi connectivity index (χ0n) is 8.37. The van der Waals surface area contributed by atoms with Crippen molar-refractivity contribution in [2.75, 3.05) is 0 Å². The van der Waals surface area contributed by atoms with Crippen LogP contribution in [0.2, 0.25) is 0 Å². The molecule has 0 radical (unpaired) electrons. The maximum absolute atomic E-state index is 11.7. The molecule has 16 heavy (non-hydrogen) atoms. The van der Waals surface area contributed by atoms with Crippen LogP contribution < -0.4 is 0 Å². The quantitative estimate of drug-likeness (QED) is 0.805. The van der Waals surface area contributed by atoms with Gasteiger partial charge in [-0.25, -0.2) is 4.79 Å². The number of benzene rings is 1. The van der Waals surface area contributed by atoms with Crippen LogP contribution in [0.15, 0.2) is 34.5 Å². The molecule has 1 fully saturated rings. The molecule has 2 aliphatic rings. The number of aliphatic hydroxyl groups is 1. The molecule has 1 N–H and O–H groups in total. The standard InChI is InChI=1S/C12H9BrO3/c13-8-3-1-2-7(6-8)9-10(14)12(4-5-12)16-11(9)15/h1-3,6,14H,4-5H2. The van der Waals surface area contributed by atoms with Gasteiger partial charge >= 0.3 is 5.97 Å². The summed E-state index contributed by atoms with van der Waals surface area (Å²) in [5, 5.41) is 10.0. The van der Waals surface area contributed by atoms with Gasteiger partial charge in [0.25, 0.3) is 0 Å². The number of carbonyl (C=O) groups is 1. The fourth-order valence-corrected chi connectivity index (χ4v) is 2.35. The van der Waals surface area contributed by atoms with Crippen molar-refractivity contribution in [2.24, 2.45) is 0 Å². The van der Waals surface area contributed by atoms with Gasteiger partial charge in [0, 0.05) is 4.47 Å². The van der Waals surface area contributed by atoms with E-state index in [9.17, 15) is 9.90 Å². The minimum atomic E-state index is -0.686. The third-order valence-electron chi connectivity index (χ3n) is 2.98. The summed E-state index contributed by atoms with van der Waals surface area (Å²) in [5.41, 5.74) is 0.314. The van der Waals surface area contributed by atoms with Crippen LogP contribution >= 0.6 is 15.9 Å². The summed E-state index contributed by atoms with van der Waals surface area (Å²) in [4.78, 5) is 11.7. The molecule has 0 aromatic heterocycles. The Bertz CT molecular complexity index is 515. The van der Waals surface area contributed by atoms with Gasteiger partial charge in [0.15, 0.2) is 11.4 Å². The first-order chi connectivity index (χ1) is 7.62. The summed E-state index contributed by atoms with van der Waals surface area (Å²) in [7, 11) is 0. The van der Waals surface area contributed by atoms with Crippen molar-refractivity contribution < 1.29 is 14.6 Å². The number of esters is 1. The average Bonchev–Trinajstić information content (AvgIpc) is 2.94. The van der Waals surface area contributed by atoms with E-state index in [1.165, 1.54) is 0 Å². The fraction of sp³-hybridized carbons (Fsp3) is 0.250. The average molecular weight is 281 g/mol. The van der Waals surface area contributed by atoms with E-state index in [0.717, 1.165) is 17.3 Å². The lowest BCUT2D eigenvalue weighted by Crippen LogP contribution is -2.11. The summed E-state index contributed by atoms with van der Waals surface area (Å²) in [6.07, 6.45) is 1.45. The molecule has 0 amide bonds. The highest BCUT2D eigenvalue weighted by molar-refractivity contribution is 9.10. The van der Waals surface area contributed by atoms with E-state index in [1.807, 2.05) is 12.1 Å². The largest absolute Gasteiger partial charge is 0.507 e. The molecule has 1 aromatic carbocycles. The van der Waals surface area contributed by atoms with Crippen molar-refractivity contribution in [2.45, 2.75) is 18.4 Å². The number of ether oxygens (including phenoxy) is 1. The third kappa shape index (κ3) is 1.29. The lowest BCUT2D eigenvalue weighted by atomic mass is 10.0. The summed E-state index contributed by atoms with van der Waals surface area (Å²) < 4.78 is 6.07. The van der Waals surface area contributed by atoms with E-state index < -0.39 is 11.6 Å². The van der Waals surface area contributed by atoms with Crippen molar-refractivity contribution in [3.8, 4) is 0 Å². The molecule has 1 aliphatic carbocycles. The lowest BCUT2D eigenvalue weighted by Gasteiger charge is -2.04. The highest BCUT2D eigenvalue weighted by Gasteiger charge is 2.57. The smallest absolute Gasteiger partial charge is 0.343 e. The number of aliphatic hydroxyl groups excluding tert-OH is 1. The van der Waals surface area contributed by atoms with Gasteiger partial charge in [-0.2, -0.15) is 0 Å². The molecule has 0 saturated heterocycles. The Hall–Kier alpha value is -1.29. The predicted molar refractivity (Wildman–Crippen MR) is 61.7 cm³/mol. The molecule has 1 heterocycles. The predicted octanol–water partition coefficient (Wildman–Crippen LogP) is 2.81. The molecule has 1 saturated carbocycles. The van der Waals surface area contributed by atoms with Gasteiger partial charge in [-0.05, 0) is 30.5 Å². The molecule has 1 aliphatic heterocycles. The van der Waals surface area contributed by atoms with Crippen molar-refractivity contribution in [3.63, 3.8) is 0 Å². The Morgan fingerprint density at radius 2 is 2.12 bits per heavy atom. The molecular weight excluding hydrogens is 272 g/mol. The Labute approximate surface area is 101 Å². The first-order valence-corrected chi connectivity index (χ1v) is 5.85. The number of rotatable bonds is 1. The molecule has 4 heteroatoms. The normalized spacial score (nSPS) is 21.4. The first-order valence-electron chi connectivity index (χ1n) is 5.05. The van der Waals surface area contributed by atoms with Gasteiger partial charge in [-0.3, -0.25) is 0 Å². The van der Waals surface area contributed by atoms with E-state index in [-0.39, 0.29) is 5.76 Å².